The first-order valence-corrected chi connectivity index (χ1v) is 8.26. The number of rotatable bonds is 6. The molecule has 0 unspecified atom stereocenters. The van der Waals surface area contributed by atoms with Gasteiger partial charge in [-0.15, -0.1) is 0 Å². The van der Waals surface area contributed by atoms with Crippen LogP contribution in [0.25, 0.3) is 0 Å². The van der Waals surface area contributed by atoms with Crippen molar-refractivity contribution in [2.75, 3.05) is 26.0 Å². The van der Waals surface area contributed by atoms with E-state index in [1.165, 1.54) is 7.11 Å². The van der Waals surface area contributed by atoms with E-state index in [2.05, 4.69) is 10.1 Å². The van der Waals surface area contributed by atoms with Crippen molar-refractivity contribution in [1.29, 1.82) is 0 Å². The normalized spacial score (nSPS) is 10.6. The highest BCUT2D eigenvalue weighted by molar-refractivity contribution is 6.39. The molecule has 0 radical (unpaired) electrons. The molecule has 2 rings (SSSR count). The Kier molecular flexibility index (Phi) is 6.82. The van der Waals surface area contributed by atoms with Gasteiger partial charge < -0.3 is 10.1 Å². The van der Waals surface area contributed by atoms with E-state index < -0.39 is 0 Å². The number of halogens is 2. The lowest BCUT2D eigenvalue weighted by atomic mass is 10.1. The Hall–Kier alpha value is -2.08. The van der Waals surface area contributed by atoms with Gasteiger partial charge in [0.1, 0.15) is 0 Å². The standard InChI is InChI=1S/C18H18Cl2N2O3/c1-22(10-12-6-8-13(9-7-12)18(24)25-2)11-16(23)21-17-14(19)4-3-5-15(17)20/h3-9H,10-11H2,1-2H3,(H,21,23). The molecule has 0 atom stereocenters. The fourth-order valence-electron chi connectivity index (χ4n) is 2.27. The van der Waals surface area contributed by atoms with Crippen LogP contribution in [-0.2, 0) is 16.1 Å². The Bertz CT molecular complexity index is 743. The third-order valence-electron chi connectivity index (χ3n) is 3.47. The minimum Gasteiger partial charge on any atom is -0.465 e. The predicted molar refractivity (Wildman–Crippen MR) is 99.2 cm³/mol. The third-order valence-corrected chi connectivity index (χ3v) is 4.10. The molecule has 132 valence electrons. The van der Waals surface area contributed by atoms with Gasteiger partial charge in [0, 0.05) is 6.54 Å². The van der Waals surface area contributed by atoms with Crippen molar-refractivity contribution in [2.45, 2.75) is 6.54 Å². The maximum Gasteiger partial charge on any atom is 0.337 e. The van der Waals surface area contributed by atoms with Crippen LogP contribution >= 0.6 is 23.2 Å². The Morgan fingerprint density at radius 2 is 1.68 bits per heavy atom. The number of para-hydroxylation sites is 1. The van der Waals surface area contributed by atoms with Gasteiger partial charge in [0.05, 0.1) is 35.0 Å². The summed E-state index contributed by atoms with van der Waals surface area (Å²) in [6.45, 7) is 0.714. The van der Waals surface area contributed by atoms with E-state index in [0.717, 1.165) is 5.56 Å². The zero-order chi connectivity index (χ0) is 18.4. The van der Waals surface area contributed by atoms with Crippen molar-refractivity contribution in [1.82, 2.24) is 4.90 Å². The second-order valence-electron chi connectivity index (χ2n) is 5.51. The maximum atomic E-state index is 12.2. The number of benzene rings is 2. The number of hydrogen-bond donors (Lipinski definition) is 1. The zero-order valence-electron chi connectivity index (χ0n) is 13.9. The van der Waals surface area contributed by atoms with E-state index in [4.69, 9.17) is 23.2 Å². The number of ether oxygens (including phenoxy) is 1. The van der Waals surface area contributed by atoms with E-state index in [0.29, 0.717) is 27.8 Å². The molecule has 0 bridgehead atoms. The molecule has 7 heteroatoms. The largest absolute Gasteiger partial charge is 0.465 e. The SMILES string of the molecule is COC(=O)c1ccc(CN(C)CC(=O)Nc2c(Cl)cccc2Cl)cc1. The topological polar surface area (TPSA) is 58.6 Å². The van der Waals surface area contributed by atoms with Crippen LogP contribution in [-0.4, -0.2) is 37.5 Å². The van der Waals surface area contributed by atoms with E-state index in [9.17, 15) is 9.59 Å². The molecule has 1 N–H and O–H groups in total. The molecule has 0 fully saturated rings. The Morgan fingerprint density at radius 1 is 1.08 bits per heavy atom. The van der Waals surface area contributed by atoms with Crippen LogP contribution in [0.2, 0.25) is 10.0 Å². The van der Waals surface area contributed by atoms with E-state index in [1.807, 2.05) is 24.1 Å². The zero-order valence-corrected chi connectivity index (χ0v) is 15.4. The number of carbonyl (C=O) groups is 2. The minimum absolute atomic E-state index is 0.167. The Labute approximate surface area is 156 Å². The average molecular weight is 381 g/mol. The monoisotopic (exact) mass is 380 g/mol. The molecule has 0 aliphatic carbocycles. The summed E-state index contributed by atoms with van der Waals surface area (Å²) in [5.74, 6) is -0.598. The molecule has 2 aromatic rings. The quantitative estimate of drug-likeness (QED) is 0.773. The summed E-state index contributed by atoms with van der Waals surface area (Å²) in [5.41, 5.74) is 1.87. The van der Waals surface area contributed by atoms with Crippen LogP contribution in [0.5, 0.6) is 0 Å². The van der Waals surface area contributed by atoms with Crippen molar-refractivity contribution in [3.63, 3.8) is 0 Å². The number of likely N-dealkylation sites (N-methyl/N-ethyl adjacent to an activating group) is 1. The van der Waals surface area contributed by atoms with Gasteiger partial charge in [-0.25, -0.2) is 4.79 Å². The van der Waals surface area contributed by atoms with Gasteiger partial charge in [0.25, 0.3) is 0 Å². The molecule has 1 amide bonds. The van der Waals surface area contributed by atoms with E-state index in [1.54, 1.807) is 30.3 Å². The molecule has 0 saturated carbocycles. The lowest BCUT2D eigenvalue weighted by Gasteiger charge is -2.17. The summed E-state index contributed by atoms with van der Waals surface area (Å²) < 4.78 is 4.66. The molecular weight excluding hydrogens is 363 g/mol. The van der Waals surface area contributed by atoms with Gasteiger partial charge in [-0.1, -0.05) is 41.4 Å². The summed E-state index contributed by atoms with van der Waals surface area (Å²) >= 11 is 12.1. The van der Waals surface area contributed by atoms with Crippen LogP contribution < -0.4 is 5.32 Å². The number of nitrogens with zero attached hydrogens (tertiary/aromatic N) is 1. The number of anilines is 1. The maximum absolute atomic E-state index is 12.2. The number of amides is 1. The highest BCUT2D eigenvalue weighted by Crippen LogP contribution is 2.29. The van der Waals surface area contributed by atoms with E-state index in [-0.39, 0.29) is 18.4 Å². The van der Waals surface area contributed by atoms with Gasteiger partial charge in [0.2, 0.25) is 5.91 Å². The van der Waals surface area contributed by atoms with Crippen LogP contribution in [0.3, 0.4) is 0 Å². The van der Waals surface area contributed by atoms with E-state index >= 15 is 0 Å². The number of hydrogen-bond acceptors (Lipinski definition) is 4. The van der Waals surface area contributed by atoms with Gasteiger partial charge in [-0.05, 0) is 36.9 Å². The summed E-state index contributed by atoms with van der Waals surface area (Å²) in [5, 5.41) is 3.50. The highest BCUT2D eigenvalue weighted by atomic mass is 35.5. The van der Waals surface area contributed by atoms with Crippen molar-refractivity contribution in [3.8, 4) is 0 Å². The van der Waals surface area contributed by atoms with Crippen molar-refractivity contribution < 1.29 is 14.3 Å². The molecular formula is C18H18Cl2N2O3. The Balaban J connectivity index is 1.92. The first kappa shape index (κ1) is 19.2. The summed E-state index contributed by atoms with van der Waals surface area (Å²) in [7, 11) is 3.16. The van der Waals surface area contributed by atoms with Gasteiger partial charge in [-0.3, -0.25) is 9.69 Å². The number of carbonyl (C=O) groups excluding carboxylic acids is 2. The van der Waals surface area contributed by atoms with Gasteiger partial charge in [-0.2, -0.15) is 0 Å². The highest BCUT2D eigenvalue weighted by Gasteiger charge is 2.12. The molecule has 25 heavy (non-hydrogen) atoms. The third kappa shape index (κ3) is 5.46. The van der Waals surface area contributed by atoms with Gasteiger partial charge in [0.15, 0.2) is 0 Å². The second-order valence-corrected chi connectivity index (χ2v) is 6.32. The lowest BCUT2D eigenvalue weighted by molar-refractivity contribution is -0.117. The van der Waals surface area contributed by atoms with Crippen LogP contribution in [0.1, 0.15) is 15.9 Å². The summed E-state index contributed by atoms with van der Waals surface area (Å²) in [6, 6.07) is 12.1. The smallest absolute Gasteiger partial charge is 0.337 e. The summed E-state index contributed by atoms with van der Waals surface area (Å²) in [4.78, 5) is 25.4. The second kappa shape index (κ2) is 8.85. The Morgan fingerprint density at radius 3 is 2.24 bits per heavy atom. The molecule has 0 aliphatic rings. The fraction of sp³-hybridized carbons (Fsp3) is 0.222. The minimum atomic E-state index is -0.379. The summed E-state index contributed by atoms with van der Waals surface area (Å²) in [6.07, 6.45) is 0. The average Bonchev–Trinajstić information content (AvgIpc) is 2.58. The molecule has 2 aromatic carbocycles. The number of methoxy groups -OCH3 is 1. The van der Waals surface area contributed by atoms with Crippen molar-refractivity contribution in [3.05, 3.63) is 63.6 Å². The molecule has 0 spiro atoms. The lowest BCUT2D eigenvalue weighted by Crippen LogP contribution is -2.30. The first-order valence-electron chi connectivity index (χ1n) is 7.50. The van der Waals surface area contributed by atoms with Gasteiger partial charge >= 0.3 is 5.97 Å². The van der Waals surface area contributed by atoms with Crippen molar-refractivity contribution >= 4 is 40.8 Å². The molecule has 0 aromatic heterocycles. The molecule has 5 nitrogen and oxygen atoms in total. The first-order chi connectivity index (χ1) is 11.9. The number of esters is 1. The number of nitrogens with one attached hydrogen (secondary N) is 1. The van der Waals surface area contributed by atoms with Crippen LogP contribution in [0.4, 0.5) is 5.69 Å². The van der Waals surface area contributed by atoms with Crippen molar-refractivity contribution in [2.24, 2.45) is 0 Å². The molecule has 0 heterocycles. The van der Waals surface area contributed by atoms with Crippen LogP contribution in [0.15, 0.2) is 42.5 Å². The molecule has 0 aliphatic heterocycles. The fourth-order valence-corrected chi connectivity index (χ4v) is 2.76. The predicted octanol–water partition coefficient (Wildman–Crippen LogP) is 3.85. The van der Waals surface area contributed by atoms with Crippen LogP contribution in [0, 0.1) is 0 Å². The molecule has 0 saturated heterocycles.